The van der Waals surface area contributed by atoms with Crippen molar-refractivity contribution in [3.05, 3.63) is 10.8 Å². The molecule has 0 aliphatic heterocycles. The minimum absolute atomic E-state index is 0.375. The van der Waals surface area contributed by atoms with Gasteiger partial charge in [0.2, 0.25) is 0 Å². The Kier molecular flexibility index (Phi) is 1.66. The lowest BCUT2D eigenvalue weighted by Crippen LogP contribution is -2.02. The van der Waals surface area contributed by atoms with E-state index < -0.39 is 0 Å². The number of nitrogens with zero attached hydrogens (tertiary/aromatic N) is 2. The van der Waals surface area contributed by atoms with Crippen molar-refractivity contribution in [2.45, 2.75) is 19.9 Å². The zero-order valence-corrected chi connectivity index (χ0v) is 6.27. The van der Waals surface area contributed by atoms with E-state index >= 15 is 0 Å². The summed E-state index contributed by atoms with van der Waals surface area (Å²) >= 11 is 4.93. The summed E-state index contributed by atoms with van der Waals surface area (Å²) < 4.78 is 2.58. The normalized spacial score (nSPS) is 10.6. The van der Waals surface area contributed by atoms with E-state index in [9.17, 15) is 0 Å². The maximum Gasteiger partial charge on any atom is 0.142 e. The monoisotopic (exact) mass is 143 g/mol. The van der Waals surface area contributed by atoms with Gasteiger partial charge in [-0.05, 0) is 13.8 Å². The molecule has 9 heavy (non-hydrogen) atoms. The van der Waals surface area contributed by atoms with Gasteiger partial charge in [-0.3, -0.25) is 4.68 Å². The van der Waals surface area contributed by atoms with Gasteiger partial charge in [-0.15, -0.1) is 0 Å². The summed E-state index contributed by atoms with van der Waals surface area (Å²) in [4.78, 5) is 0. The fraction of sp³-hybridized carbons (Fsp3) is 0.600. The second-order valence-electron chi connectivity index (χ2n) is 2.16. The lowest BCUT2D eigenvalue weighted by atomic mass is 10.4. The fourth-order valence-electron chi connectivity index (χ4n) is 0.628. The van der Waals surface area contributed by atoms with Crippen molar-refractivity contribution in [2.75, 3.05) is 0 Å². The first-order valence-electron chi connectivity index (χ1n) is 2.83. The molecule has 0 unspecified atom stereocenters. The molecule has 0 radical (unpaired) electrons. The third-order valence-electron chi connectivity index (χ3n) is 1.09. The highest BCUT2D eigenvalue weighted by atomic mass is 32.1. The number of hydrogen-bond acceptors (Lipinski definition) is 2. The summed E-state index contributed by atoms with van der Waals surface area (Å²) in [6.07, 6.45) is 1.63. The van der Waals surface area contributed by atoms with Crippen LogP contribution >= 0.6 is 12.2 Å². The predicted octanol–water partition coefficient (Wildman–Crippen LogP) is 1.52. The van der Waals surface area contributed by atoms with Crippen LogP contribution in [0.2, 0.25) is 0 Å². The number of H-pyrrole nitrogens is 1. The highest BCUT2D eigenvalue weighted by Gasteiger charge is 1.95. The molecule has 0 bridgehead atoms. The molecule has 1 rings (SSSR count). The van der Waals surface area contributed by atoms with Crippen molar-refractivity contribution in [2.24, 2.45) is 0 Å². The van der Waals surface area contributed by atoms with Crippen molar-refractivity contribution in [3.8, 4) is 0 Å². The maximum atomic E-state index is 4.93. The van der Waals surface area contributed by atoms with Crippen LogP contribution in [0.5, 0.6) is 0 Å². The number of hydrogen-bond donors (Lipinski definition) is 1. The molecule has 0 aromatic carbocycles. The number of aromatic amines is 1. The van der Waals surface area contributed by atoms with E-state index in [0.717, 1.165) is 4.64 Å². The molecular formula is C5H9N3S. The van der Waals surface area contributed by atoms with E-state index in [-0.39, 0.29) is 0 Å². The Bertz CT molecular complexity index is 234. The van der Waals surface area contributed by atoms with Crippen LogP contribution < -0.4 is 0 Å². The first kappa shape index (κ1) is 6.48. The molecule has 1 aromatic rings. The van der Waals surface area contributed by atoms with Crippen LogP contribution in [0.15, 0.2) is 6.20 Å². The molecule has 0 fully saturated rings. The van der Waals surface area contributed by atoms with Crippen LogP contribution in [-0.4, -0.2) is 15.0 Å². The number of aromatic nitrogens is 3. The molecule has 0 amide bonds. The van der Waals surface area contributed by atoms with E-state index in [1.807, 2.05) is 18.5 Å². The minimum atomic E-state index is 0.375. The van der Waals surface area contributed by atoms with Gasteiger partial charge in [-0.1, -0.05) is 12.2 Å². The maximum absolute atomic E-state index is 4.93. The molecular weight excluding hydrogens is 134 g/mol. The molecule has 1 heterocycles. The summed E-state index contributed by atoms with van der Waals surface area (Å²) in [5.74, 6) is 0. The van der Waals surface area contributed by atoms with Gasteiger partial charge in [0.1, 0.15) is 4.64 Å². The van der Waals surface area contributed by atoms with E-state index in [2.05, 4.69) is 10.3 Å². The molecule has 0 saturated heterocycles. The van der Waals surface area contributed by atoms with Crippen LogP contribution in [0.1, 0.15) is 19.9 Å². The van der Waals surface area contributed by atoms with E-state index in [4.69, 9.17) is 12.2 Å². The molecule has 1 N–H and O–H groups in total. The van der Waals surface area contributed by atoms with Crippen LogP contribution in [0.3, 0.4) is 0 Å². The topological polar surface area (TPSA) is 33.6 Å². The zero-order chi connectivity index (χ0) is 6.85. The Morgan fingerprint density at radius 3 is 2.67 bits per heavy atom. The first-order valence-corrected chi connectivity index (χ1v) is 3.24. The smallest absolute Gasteiger partial charge is 0.142 e. The van der Waals surface area contributed by atoms with Gasteiger partial charge in [0.15, 0.2) is 0 Å². The number of nitrogens with one attached hydrogen (secondary N) is 1. The molecule has 0 aliphatic rings. The van der Waals surface area contributed by atoms with Crippen LogP contribution in [-0.2, 0) is 0 Å². The largest absolute Gasteiger partial charge is 0.257 e. The molecule has 3 nitrogen and oxygen atoms in total. The predicted molar refractivity (Wildman–Crippen MR) is 37.8 cm³/mol. The average Bonchev–Trinajstić information content (AvgIpc) is 2.13. The highest BCUT2D eigenvalue weighted by Crippen LogP contribution is 2.00. The third kappa shape index (κ3) is 1.18. The van der Waals surface area contributed by atoms with Crippen LogP contribution in [0, 0.1) is 4.64 Å². The molecule has 0 aliphatic carbocycles. The molecule has 50 valence electrons. The van der Waals surface area contributed by atoms with Crippen molar-refractivity contribution in [3.63, 3.8) is 0 Å². The fourth-order valence-corrected chi connectivity index (χ4v) is 0.932. The Hall–Kier alpha value is -0.640. The van der Waals surface area contributed by atoms with Crippen LogP contribution in [0.4, 0.5) is 0 Å². The van der Waals surface area contributed by atoms with Crippen molar-refractivity contribution in [1.29, 1.82) is 0 Å². The van der Waals surface area contributed by atoms with Crippen molar-refractivity contribution in [1.82, 2.24) is 15.0 Å². The van der Waals surface area contributed by atoms with Gasteiger partial charge < -0.3 is 0 Å². The zero-order valence-electron chi connectivity index (χ0n) is 5.46. The summed E-state index contributed by atoms with van der Waals surface area (Å²) in [6.45, 7) is 4.10. The average molecular weight is 143 g/mol. The minimum Gasteiger partial charge on any atom is -0.257 e. The summed E-state index contributed by atoms with van der Waals surface area (Å²) in [5, 5.41) is 6.54. The third-order valence-corrected chi connectivity index (χ3v) is 1.40. The lowest BCUT2D eigenvalue weighted by molar-refractivity contribution is 0.508. The van der Waals surface area contributed by atoms with Crippen molar-refractivity contribution >= 4 is 12.2 Å². The van der Waals surface area contributed by atoms with Crippen LogP contribution in [0.25, 0.3) is 0 Å². The SMILES string of the molecule is CC(C)n1[nH]ncc1=S. The first-order chi connectivity index (χ1) is 4.22. The summed E-state index contributed by atoms with van der Waals surface area (Å²) in [5.41, 5.74) is 0. The molecule has 1 aromatic heterocycles. The summed E-state index contributed by atoms with van der Waals surface area (Å²) in [7, 11) is 0. The molecule has 0 saturated carbocycles. The second-order valence-corrected chi connectivity index (χ2v) is 2.58. The van der Waals surface area contributed by atoms with Crippen molar-refractivity contribution < 1.29 is 0 Å². The number of rotatable bonds is 1. The Morgan fingerprint density at radius 2 is 2.44 bits per heavy atom. The molecule has 0 atom stereocenters. The lowest BCUT2D eigenvalue weighted by Gasteiger charge is -2.02. The van der Waals surface area contributed by atoms with Gasteiger partial charge in [0.25, 0.3) is 0 Å². The van der Waals surface area contributed by atoms with Gasteiger partial charge in [0, 0.05) is 6.04 Å². The Labute approximate surface area is 58.7 Å². The van der Waals surface area contributed by atoms with Gasteiger partial charge >= 0.3 is 0 Å². The quantitative estimate of drug-likeness (QED) is 0.605. The summed E-state index contributed by atoms with van der Waals surface area (Å²) in [6, 6.07) is 0.375. The molecule has 4 heteroatoms. The Balaban J connectivity index is 3.08. The second kappa shape index (κ2) is 2.31. The standard InChI is InChI=1S/C5H9N3S/c1-4(2)8-5(9)3-6-7-8/h3-4,7H,1-2H3. The van der Waals surface area contributed by atoms with E-state index in [0.29, 0.717) is 6.04 Å². The van der Waals surface area contributed by atoms with Gasteiger partial charge in [0.05, 0.1) is 6.20 Å². The highest BCUT2D eigenvalue weighted by molar-refractivity contribution is 7.71. The van der Waals surface area contributed by atoms with Gasteiger partial charge in [-0.25, -0.2) is 5.21 Å². The molecule has 0 spiro atoms. The Morgan fingerprint density at radius 1 is 1.78 bits per heavy atom. The van der Waals surface area contributed by atoms with Gasteiger partial charge in [-0.2, -0.15) is 5.10 Å². The van der Waals surface area contributed by atoms with E-state index in [1.165, 1.54) is 0 Å². The van der Waals surface area contributed by atoms with E-state index in [1.54, 1.807) is 6.20 Å².